The highest BCUT2D eigenvalue weighted by molar-refractivity contribution is 5.85. The van der Waals surface area contributed by atoms with Gasteiger partial charge >= 0.3 is 0 Å². The molecule has 1 aromatic heterocycles. The molecule has 118 valence electrons. The lowest BCUT2D eigenvalue weighted by Crippen LogP contribution is -2.39. The molecule has 5 heteroatoms. The maximum absolute atomic E-state index is 12.3. The van der Waals surface area contributed by atoms with Crippen molar-refractivity contribution in [1.82, 2.24) is 15.1 Å². The Hall–Kier alpha value is -2.61. The van der Waals surface area contributed by atoms with Crippen molar-refractivity contribution in [2.24, 2.45) is 5.41 Å². The summed E-state index contributed by atoms with van der Waals surface area (Å²) in [6.45, 7) is 0.559. The fraction of sp³-hybridized carbons (Fsp3) is 0.389. The summed E-state index contributed by atoms with van der Waals surface area (Å²) in [5, 5.41) is 16.4. The van der Waals surface area contributed by atoms with Crippen molar-refractivity contribution in [1.29, 1.82) is 5.26 Å². The predicted octanol–water partition coefficient (Wildman–Crippen LogP) is 2.61. The lowest BCUT2D eigenvalue weighted by molar-refractivity contribution is -0.127. The Morgan fingerprint density at radius 3 is 2.65 bits per heavy atom. The van der Waals surface area contributed by atoms with Gasteiger partial charge in [-0.3, -0.25) is 4.79 Å². The summed E-state index contributed by atoms with van der Waals surface area (Å²) in [6.07, 6.45) is 7.72. The summed E-state index contributed by atoms with van der Waals surface area (Å²) < 4.78 is 1.81. The molecule has 1 N–H and O–H groups in total. The predicted molar refractivity (Wildman–Crippen MR) is 86.8 cm³/mol. The van der Waals surface area contributed by atoms with Crippen LogP contribution in [0.2, 0.25) is 0 Å². The number of nitrogens with one attached hydrogen (secondary N) is 1. The minimum absolute atomic E-state index is 0.106. The monoisotopic (exact) mass is 308 g/mol. The largest absolute Gasteiger partial charge is 0.354 e. The molecular weight excluding hydrogens is 288 g/mol. The van der Waals surface area contributed by atoms with Gasteiger partial charge in [0, 0.05) is 18.9 Å². The second-order valence-electron chi connectivity index (χ2n) is 6.02. The zero-order valence-electron chi connectivity index (χ0n) is 13.0. The van der Waals surface area contributed by atoms with Crippen molar-refractivity contribution in [3.63, 3.8) is 0 Å². The van der Waals surface area contributed by atoms with Gasteiger partial charge in [0.1, 0.15) is 5.41 Å². The van der Waals surface area contributed by atoms with Crippen LogP contribution in [0.4, 0.5) is 0 Å². The molecule has 23 heavy (non-hydrogen) atoms. The van der Waals surface area contributed by atoms with Crippen molar-refractivity contribution >= 4 is 5.91 Å². The summed E-state index contributed by atoms with van der Waals surface area (Å²) in [5.74, 6) is -0.106. The zero-order valence-corrected chi connectivity index (χ0v) is 13.0. The number of rotatable bonds is 5. The molecule has 5 nitrogen and oxygen atoms in total. The zero-order chi connectivity index (χ0) is 16.1. The van der Waals surface area contributed by atoms with Crippen LogP contribution in [0.15, 0.2) is 42.7 Å². The van der Waals surface area contributed by atoms with Crippen molar-refractivity contribution in [2.75, 3.05) is 6.54 Å². The van der Waals surface area contributed by atoms with Crippen LogP contribution in [0.3, 0.4) is 0 Å². The van der Waals surface area contributed by atoms with Gasteiger partial charge in [0.2, 0.25) is 5.91 Å². The maximum Gasteiger partial charge on any atom is 0.240 e. The first kappa shape index (κ1) is 15.3. The first-order chi connectivity index (χ1) is 11.2. The molecule has 0 saturated heterocycles. The molecule has 0 atom stereocenters. The number of carbonyl (C=O) groups is 1. The van der Waals surface area contributed by atoms with Gasteiger partial charge in [0.05, 0.1) is 11.8 Å². The first-order valence-corrected chi connectivity index (χ1v) is 8.02. The number of benzene rings is 1. The first-order valence-electron chi connectivity index (χ1n) is 8.02. The number of hydrogen-bond donors (Lipinski definition) is 1. The molecule has 1 heterocycles. The van der Waals surface area contributed by atoms with Gasteiger partial charge in [0.15, 0.2) is 0 Å². The number of amides is 1. The van der Waals surface area contributed by atoms with Gasteiger partial charge in [-0.1, -0.05) is 25.0 Å². The Bertz CT molecular complexity index is 692. The van der Waals surface area contributed by atoms with Crippen LogP contribution in [-0.2, 0) is 11.2 Å². The Morgan fingerprint density at radius 1 is 1.30 bits per heavy atom. The van der Waals surface area contributed by atoms with E-state index in [-0.39, 0.29) is 5.91 Å². The summed E-state index contributed by atoms with van der Waals surface area (Å²) >= 11 is 0. The number of nitrogens with zero attached hydrogens (tertiary/aromatic N) is 3. The van der Waals surface area contributed by atoms with Crippen LogP contribution in [-0.4, -0.2) is 22.2 Å². The van der Waals surface area contributed by atoms with Crippen LogP contribution >= 0.6 is 0 Å². The summed E-state index contributed by atoms with van der Waals surface area (Å²) in [7, 11) is 0. The van der Waals surface area contributed by atoms with E-state index in [0.29, 0.717) is 19.4 Å². The highest BCUT2D eigenvalue weighted by Gasteiger charge is 2.41. The summed E-state index contributed by atoms with van der Waals surface area (Å²) in [4.78, 5) is 12.3. The molecule has 0 radical (unpaired) electrons. The summed E-state index contributed by atoms with van der Waals surface area (Å²) in [6, 6.07) is 12.2. The molecule has 0 spiro atoms. The van der Waals surface area contributed by atoms with E-state index in [1.807, 2.05) is 41.2 Å². The van der Waals surface area contributed by atoms with E-state index in [2.05, 4.69) is 16.5 Å². The van der Waals surface area contributed by atoms with Gasteiger partial charge in [0.25, 0.3) is 0 Å². The van der Waals surface area contributed by atoms with E-state index in [0.717, 1.165) is 30.5 Å². The van der Waals surface area contributed by atoms with Gasteiger partial charge in [-0.05, 0) is 43.0 Å². The van der Waals surface area contributed by atoms with Gasteiger partial charge in [-0.25, -0.2) is 4.68 Å². The molecule has 3 rings (SSSR count). The standard InChI is InChI=1S/C18H20N4O/c19-14-18(9-1-2-10-18)17(23)20-12-8-15-4-6-16(7-5-15)22-13-3-11-21-22/h3-7,11,13H,1-2,8-10,12H2,(H,20,23). The third-order valence-corrected chi connectivity index (χ3v) is 4.51. The average molecular weight is 308 g/mol. The molecule has 0 aliphatic heterocycles. The van der Waals surface area contributed by atoms with Gasteiger partial charge in [-0.2, -0.15) is 10.4 Å². The maximum atomic E-state index is 12.3. The highest BCUT2D eigenvalue weighted by atomic mass is 16.2. The fourth-order valence-corrected chi connectivity index (χ4v) is 3.09. The van der Waals surface area contributed by atoms with Crippen molar-refractivity contribution in [2.45, 2.75) is 32.1 Å². The van der Waals surface area contributed by atoms with E-state index in [9.17, 15) is 10.1 Å². The van der Waals surface area contributed by atoms with Crippen molar-refractivity contribution in [3.05, 3.63) is 48.3 Å². The number of hydrogen-bond acceptors (Lipinski definition) is 3. The normalized spacial score (nSPS) is 16.0. The van der Waals surface area contributed by atoms with E-state index in [1.54, 1.807) is 6.20 Å². The van der Waals surface area contributed by atoms with E-state index in [1.165, 1.54) is 0 Å². The smallest absolute Gasteiger partial charge is 0.240 e. The van der Waals surface area contributed by atoms with Crippen LogP contribution in [0, 0.1) is 16.7 Å². The van der Waals surface area contributed by atoms with Crippen molar-refractivity contribution in [3.8, 4) is 11.8 Å². The molecule has 1 fully saturated rings. The third kappa shape index (κ3) is 3.26. The molecular formula is C18H20N4O. The van der Waals surface area contributed by atoms with Crippen LogP contribution < -0.4 is 5.32 Å². The fourth-order valence-electron chi connectivity index (χ4n) is 3.09. The molecule has 2 aromatic rings. The van der Waals surface area contributed by atoms with Crippen molar-refractivity contribution < 1.29 is 4.79 Å². The van der Waals surface area contributed by atoms with Gasteiger partial charge in [-0.15, -0.1) is 0 Å². The topological polar surface area (TPSA) is 70.7 Å². The van der Waals surface area contributed by atoms with E-state index >= 15 is 0 Å². The Labute approximate surface area is 135 Å². The molecule has 1 aliphatic rings. The Kier molecular flexibility index (Phi) is 4.42. The number of aromatic nitrogens is 2. The van der Waals surface area contributed by atoms with Crippen LogP contribution in [0.1, 0.15) is 31.2 Å². The van der Waals surface area contributed by atoms with Crippen LogP contribution in [0.5, 0.6) is 0 Å². The lowest BCUT2D eigenvalue weighted by Gasteiger charge is -2.19. The average Bonchev–Trinajstić information content (AvgIpc) is 3.28. The van der Waals surface area contributed by atoms with E-state index < -0.39 is 5.41 Å². The molecule has 0 bridgehead atoms. The molecule has 1 amide bonds. The van der Waals surface area contributed by atoms with Crippen LogP contribution in [0.25, 0.3) is 5.69 Å². The minimum atomic E-state index is -0.788. The second kappa shape index (κ2) is 6.66. The number of carbonyl (C=O) groups excluding carboxylic acids is 1. The molecule has 0 unspecified atom stereocenters. The molecule has 1 saturated carbocycles. The third-order valence-electron chi connectivity index (χ3n) is 4.51. The second-order valence-corrected chi connectivity index (χ2v) is 6.02. The quantitative estimate of drug-likeness (QED) is 0.923. The number of nitriles is 1. The summed E-state index contributed by atoms with van der Waals surface area (Å²) in [5.41, 5.74) is 1.38. The molecule has 1 aromatic carbocycles. The van der Waals surface area contributed by atoms with Gasteiger partial charge < -0.3 is 5.32 Å². The Balaban J connectivity index is 1.53. The minimum Gasteiger partial charge on any atom is -0.354 e. The lowest BCUT2D eigenvalue weighted by atomic mass is 9.87. The molecule has 1 aliphatic carbocycles. The highest BCUT2D eigenvalue weighted by Crippen LogP contribution is 2.37. The Morgan fingerprint density at radius 2 is 2.04 bits per heavy atom. The SMILES string of the molecule is N#CC1(C(=O)NCCc2ccc(-n3cccn3)cc2)CCCC1. The van der Waals surface area contributed by atoms with E-state index in [4.69, 9.17) is 0 Å².